The highest BCUT2D eigenvalue weighted by atomic mass is 16.5. The molecule has 0 heterocycles. The number of hydrogen-bond donors (Lipinski definition) is 4. The average molecular weight is 256 g/mol. The van der Waals surface area contributed by atoms with E-state index in [2.05, 4.69) is 15.4 Å². The number of phenols is 1. The van der Waals surface area contributed by atoms with Gasteiger partial charge in [0.05, 0.1) is 7.11 Å². The fourth-order valence-corrected chi connectivity index (χ4v) is 0.904. The molecule has 4 N–H and O–H groups in total. The number of rotatable bonds is 2. The van der Waals surface area contributed by atoms with Gasteiger partial charge in [-0.2, -0.15) is 0 Å². The van der Waals surface area contributed by atoms with E-state index in [0.29, 0.717) is 12.2 Å². The fourth-order valence-electron chi connectivity index (χ4n) is 0.904. The van der Waals surface area contributed by atoms with Gasteiger partial charge in [-0.05, 0) is 19.1 Å². The first-order valence-corrected chi connectivity index (χ1v) is 5.10. The lowest BCUT2D eigenvalue weighted by molar-refractivity contribution is 0.187. The Balaban J connectivity index is 0.000000411. The van der Waals surface area contributed by atoms with E-state index in [1.807, 2.05) is 0 Å². The largest absolute Gasteiger partial charge is 0.508 e. The molecule has 0 saturated carbocycles. The zero-order valence-electron chi connectivity index (χ0n) is 10.1. The maximum absolute atomic E-state index is 10.7. The lowest BCUT2D eigenvalue weighted by Crippen LogP contribution is -2.19. The molecule has 100 valence electrons. The third-order valence-electron chi connectivity index (χ3n) is 1.61. The number of phenolic OH excluding ortho intramolecular Hbond substituents is 1. The molecule has 2 amide bonds. The van der Waals surface area contributed by atoms with E-state index in [9.17, 15) is 9.59 Å². The first kappa shape index (κ1) is 15.6. The Bertz CT molecular complexity index is 395. The molecule has 0 bridgehead atoms. The molecular weight excluding hydrogens is 240 g/mol. The van der Waals surface area contributed by atoms with Gasteiger partial charge in [0.2, 0.25) is 0 Å². The summed E-state index contributed by atoms with van der Waals surface area (Å²) in [5.74, 6) is 0.101. The van der Waals surface area contributed by atoms with Crippen LogP contribution in [0.4, 0.5) is 15.3 Å². The lowest BCUT2D eigenvalue weighted by atomic mass is 10.3. The summed E-state index contributed by atoms with van der Waals surface area (Å²) < 4.78 is 4.36. The first-order valence-electron chi connectivity index (χ1n) is 5.10. The van der Waals surface area contributed by atoms with Gasteiger partial charge >= 0.3 is 12.2 Å². The molecule has 1 aromatic rings. The summed E-state index contributed by atoms with van der Waals surface area (Å²) in [6.07, 6.45) is -1.52. The van der Waals surface area contributed by atoms with Crippen LogP contribution in [-0.2, 0) is 4.74 Å². The van der Waals surface area contributed by atoms with Crippen LogP contribution in [0.15, 0.2) is 24.3 Å². The summed E-state index contributed by atoms with van der Waals surface area (Å²) in [6, 6.07) is 6.22. The van der Waals surface area contributed by atoms with Crippen molar-refractivity contribution in [1.82, 2.24) is 5.32 Å². The molecule has 1 aromatic carbocycles. The van der Waals surface area contributed by atoms with Crippen LogP contribution in [0.5, 0.6) is 5.75 Å². The maximum atomic E-state index is 10.7. The van der Waals surface area contributed by atoms with E-state index in [-0.39, 0.29) is 5.75 Å². The van der Waals surface area contributed by atoms with Gasteiger partial charge < -0.3 is 20.3 Å². The normalized spacial score (nSPS) is 8.56. The van der Waals surface area contributed by atoms with Gasteiger partial charge in [0.25, 0.3) is 0 Å². The number of nitrogens with one attached hydrogen (secondary N) is 2. The minimum Gasteiger partial charge on any atom is -0.508 e. The summed E-state index contributed by atoms with van der Waals surface area (Å²) in [5.41, 5.74) is 0.502. The molecule has 1 rings (SSSR count). The molecule has 7 heteroatoms. The number of carbonyl (C=O) groups excluding carboxylic acids is 1. The molecule has 0 aliphatic rings. The molecule has 0 unspecified atom stereocenters. The first-order chi connectivity index (χ1) is 8.49. The third kappa shape index (κ3) is 7.80. The number of hydrogen-bond acceptors (Lipinski definition) is 4. The Morgan fingerprint density at radius 2 is 2.06 bits per heavy atom. The van der Waals surface area contributed by atoms with Gasteiger partial charge in [0.1, 0.15) is 5.75 Å². The van der Waals surface area contributed by atoms with Gasteiger partial charge in [-0.1, -0.05) is 6.07 Å². The second-order valence-electron chi connectivity index (χ2n) is 3.00. The maximum Gasteiger partial charge on any atom is 0.411 e. The summed E-state index contributed by atoms with van der Waals surface area (Å²) in [6.45, 7) is 2.21. The Morgan fingerprint density at radius 1 is 1.39 bits per heavy atom. The lowest BCUT2D eigenvalue weighted by Gasteiger charge is -2.02. The number of benzene rings is 1. The number of aromatic hydroxyl groups is 1. The molecule has 0 aliphatic carbocycles. The van der Waals surface area contributed by atoms with Gasteiger partial charge in [0, 0.05) is 18.3 Å². The van der Waals surface area contributed by atoms with Crippen molar-refractivity contribution in [2.45, 2.75) is 6.92 Å². The zero-order valence-corrected chi connectivity index (χ0v) is 10.1. The third-order valence-corrected chi connectivity index (χ3v) is 1.61. The van der Waals surface area contributed by atoms with Crippen molar-refractivity contribution in [3.63, 3.8) is 0 Å². The SMILES string of the molecule is CCNC(=O)O.COC(=O)Nc1cccc(O)c1. The molecule has 0 fully saturated rings. The molecule has 0 atom stereocenters. The number of methoxy groups -OCH3 is 1. The highest BCUT2D eigenvalue weighted by Crippen LogP contribution is 2.15. The molecule has 0 radical (unpaired) electrons. The Morgan fingerprint density at radius 3 is 2.44 bits per heavy atom. The van der Waals surface area contributed by atoms with Crippen LogP contribution in [-0.4, -0.2) is 36.1 Å². The highest BCUT2D eigenvalue weighted by molar-refractivity contribution is 5.84. The fraction of sp³-hybridized carbons (Fsp3) is 0.273. The highest BCUT2D eigenvalue weighted by Gasteiger charge is 1.99. The average Bonchev–Trinajstić information content (AvgIpc) is 2.29. The van der Waals surface area contributed by atoms with E-state index in [0.717, 1.165) is 0 Å². The van der Waals surface area contributed by atoms with E-state index < -0.39 is 12.2 Å². The van der Waals surface area contributed by atoms with Crippen molar-refractivity contribution in [1.29, 1.82) is 0 Å². The number of carboxylic acid groups (broad SMARTS) is 1. The molecule has 7 nitrogen and oxygen atoms in total. The molecule has 0 aromatic heterocycles. The summed E-state index contributed by atoms with van der Waals surface area (Å²) in [7, 11) is 1.28. The molecular formula is C11H16N2O5. The van der Waals surface area contributed by atoms with Crippen LogP contribution >= 0.6 is 0 Å². The number of carbonyl (C=O) groups is 2. The standard InChI is InChI=1S/C8H9NO3.C3H7NO2/c1-12-8(11)9-6-3-2-4-7(10)5-6;1-2-4-3(5)6/h2-5,10H,1H3,(H,9,11);4H,2H2,1H3,(H,5,6). The van der Waals surface area contributed by atoms with Crippen LogP contribution in [0, 0.1) is 0 Å². The minimum atomic E-state index is -0.961. The van der Waals surface area contributed by atoms with Crippen molar-refractivity contribution in [2.75, 3.05) is 19.0 Å². The van der Waals surface area contributed by atoms with E-state index in [1.165, 1.54) is 19.2 Å². The molecule has 0 aliphatic heterocycles. The van der Waals surface area contributed by atoms with Crippen molar-refractivity contribution >= 4 is 17.9 Å². The Hall–Kier alpha value is -2.44. The van der Waals surface area contributed by atoms with Gasteiger partial charge in [-0.3, -0.25) is 5.32 Å². The second-order valence-corrected chi connectivity index (χ2v) is 3.00. The van der Waals surface area contributed by atoms with E-state index in [4.69, 9.17) is 10.2 Å². The van der Waals surface area contributed by atoms with Crippen molar-refractivity contribution in [3.05, 3.63) is 24.3 Å². The van der Waals surface area contributed by atoms with Gasteiger partial charge in [0.15, 0.2) is 0 Å². The van der Waals surface area contributed by atoms with Crippen molar-refractivity contribution in [2.24, 2.45) is 0 Å². The number of ether oxygens (including phenoxy) is 1. The minimum absolute atomic E-state index is 0.101. The van der Waals surface area contributed by atoms with Crippen LogP contribution in [0.25, 0.3) is 0 Å². The predicted molar refractivity (Wildman–Crippen MR) is 65.8 cm³/mol. The van der Waals surface area contributed by atoms with E-state index >= 15 is 0 Å². The molecule has 18 heavy (non-hydrogen) atoms. The molecule has 0 spiro atoms. The van der Waals surface area contributed by atoms with Crippen molar-refractivity contribution in [3.8, 4) is 5.75 Å². The van der Waals surface area contributed by atoms with Crippen LogP contribution in [0.1, 0.15) is 6.92 Å². The molecule has 0 saturated heterocycles. The topological polar surface area (TPSA) is 108 Å². The van der Waals surface area contributed by atoms with Crippen LogP contribution in [0.2, 0.25) is 0 Å². The van der Waals surface area contributed by atoms with Crippen LogP contribution < -0.4 is 10.6 Å². The summed E-state index contributed by atoms with van der Waals surface area (Å²) in [4.78, 5) is 20.2. The van der Waals surface area contributed by atoms with Gasteiger partial charge in [-0.25, -0.2) is 9.59 Å². The Kier molecular flexibility index (Phi) is 7.51. The smallest absolute Gasteiger partial charge is 0.411 e. The van der Waals surface area contributed by atoms with E-state index in [1.54, 1.807) is 19.1 Å². The van der Waals surface area contributed by atoms with Crippen LogP contribution in [0.3, 0.4) is 0 Å². The monoisotopic (exact) mass is 256 g/mol. The number of anilines is 1. The Labute approximate surface area is 104 Å². The summed E-state index contributed by atoms with van der Waals surface area (Å²) in [5, 5.41) is 21.3. The predicted octanol–water partition coefficient (Wildman–Crippen LogP) is 1.84. The van der Waals surface area contributed by atoms with Gasteiger partial charge in [-0.15, -0.1) is 0 Å². The van der Waals surface area contributed by atoms with Crippen molar-refractivity contribution < 1.29 is 24.5 Å². The quantitative estimate of drug-likeness (QED) is 0.645. The zero-order chi connectivity index (χ0) is 14.0. The summed E-state index contributed by atoms with van der Waals surface area (Å²) >= 11 is 0. The second kappa shape index (κ2) is 8.68. The number of amides is 2.